The second-order valence-electron chi connectivity index (χ2n) is 4.61. The van der Waals surface area contributed by atoms with Gasteiger partial charge in [-0.3, -0.25) is 10.1 Å². The molecule has 0 radical (unpaired) electrons. The first-order valence-corrected chi connectivity index (χ1v) is 6.80. The van der Waals surface area contributed by atoms with Gasteiger partial charge in [0.05, 0.1) is 10.5 Å². The number of carbonyl (C=O) groups is 1. The van der Waals surface area contributed by atoms with Crippen molar-refractivity contribution in [2.24, 2.45) is 0 Å². The van der Waals surface area contributed by atoms with Crippen LogP contribution in [0.4, 0.5) is 11.4 Å². The van der Waals surface area contributed by atoms with Gasteiger partial charge in [0, 0.05) is 29.1 Å². The lowest BCUT2D eigenvalue weighted by Crippen LogP contribution is -2.26. The monoisotopic (exact) mass is 284 g/mol. The van der Waals surface area contributed by atoms with Crippen molar-refractivity contribution in [2.45, 2.75) is 18.6 Å². The number of thioether (sulfide) groups is 1. The molecule has 0 aliphatic rings. The molecular weight excluding hydrogens is 268 g/mol. The molecule has 19 heavy (non-hydrogen) atoms. The number of non-ortho nitro benzene ring substituents is 1. The minimum absolute atomic E-state index is 0.0580. The van der Waals surface area contributed by atoms with Gasteiger partial charge in [0.1, 0.15) is 0 Å². The summed E-state index contributed by atoms with van der Waals surface area (Å²) in [5.41, 5.74) is 0.0680. The van der Waals surface area contributed by atoms with Crippen LogP contribution in [-0.2, 0) is 0 Å². The summed E-state index contributed by atoms with van der Waals surface area (Å²) in [5, 5.41) is 22.8. The molecule has 6 nitrogen and oxygen atoms in total. The van der Waals surface area contributed by atoms with Gasteiger partial charge in [-0.25, -0.2) is 4.79 Å². The van der Waals surface area contributed by atoms with E-state index in [1.54, 1.807) is 11.8 Å². The SMILES string of the molecule is CSC(C)(C)CNc1ccc([N+](=O)[O-])cc1C(=O)O. The van der Waals surface area contributed by atoms with Crippen LogP contribution in [0, 0.1) is 10.1 Å². The quantitative estimate of drug-likeness (QED) is 0.616. The lowest BCUT2D eigenvalue weighted by atomic mass is 10.1. The van der Waals surface area contributed by atoms with Crippen LogP contribution in [0.15, 0.2) is 18.2 Å². The topological polar surface area (TPSA) is 92.5 Å². The molecule has 0 saturated carbocycles. The van der Waals surface area contributed by atoms with Crippen molar-refractivity contribution in [1.82, 2.24) is 0 Å². The van der Waals surface area contributed by atoms with Crippen LogP contribution in [0.25, 0.3) is 0 Å². The highest BCUT2D eigenvalue weighted by Gasteiger charge is 2.19. The van der Waals surface area contributed by atoms with E-state index in [9.17, 15) is 14.9 Å². The number of carboxylic acids is 1. The van der Waals surface area contributed by atoms with E-state index < -0.39 is 10.9 Å². The maximum atomic E-state index is 11.1. The number of hydrogen-bond acceptors (Lipinski definition) is 5. The summed E-state index contributed by atoms with van der Waals surface area (Å²) < 4.78 is -0.0580. The second-order valence-corrected chi connectivity index (χ2v) is 6.12. The number of carboxylic acid groups (broad SMARTS) is 1. The summed E-state index contributed by atoms with van der Waals surface area (Å²) in [4.78, 5) is 21.2. The van der Waals surface area contributed by atoms with Crippen LogP contribution >= 0.6 is 11.8 Å². The van der Waals surface area contributed by atoms with Gasteiger partial charge in [0.15, 0.2) is 0 Å². The van der Waals surface area contributed by atoms with Crippen molar-refractivity contribution in [1.29, 1.82) is 0 Å². The molecule has 7 heteroatoms. The predicted molar refractivity (Wildman–Crippen MR) is 76.1 cm³/mol. The third kappa shape index (κ3) is 4.13. The van der Waals surface area contributed by atoms with E-state index in [0.29, 0.717) is 12.2 Å². The molecule has 0 amide bonds. The molecule has 0 bridgehead atoms. The number of aromatic carboxylic acids is 1. The highest BCUT2D eigenvalue weighted by molar-refractivity contribution is 7.99. The van der Waals surface area contributed by atoms with Gasteiger partial charge in [-0.05, 0) is 26.2 Å². The van der Waals surface area contributed by atoms with Gasteiger partial charge in [-0.15, -0.1) is 0 Å². The van der Waals surface area contributed by atoms with Crippen molar-refractivity contribution >= 4 is 29.1 Å². The fraction of sp³-hybridized carbons (Fsp3) is 0.417. The number of nitro groups is 1. The lowest BCUT2D eigenvalue weighted by Gasteiger charge is -2.23. The summed E-state index contributed by atoms with van der Waals surface area (Å²) in [6.07, 6.45) is 1.97. The fourth-order valence-electron chi connectivity index (χ4n) is 1.36. The zero-order valence-corrected chi connectivity index (χ0v) is 11.8. The van der Waals surface area contributed by atoms with E-state index in [2.05, 4.69) is 5.32 Å². The predicted octanol–water partition coefficient (Wildman–Crippen LogP) is 2.85. The van der Waals surface area contributed by atoms with Gasteiger partial charge >= 0.3 is 5.97 Å². The first-order valence-electron chi connectivity index (χ1n) is 5.57. The maximum Gasteiger partial charge on any atom is 0.338 e. The Balaban J connectivity index is 3.01. The van der Waals surface area contributed by atoms with E-state index >= 15 is 0 Å². The number of anilines is 1. The Hall–Kier alpha value is -1.76. The third-order valence-corrected chi connectivity index (χ3v) is 3.95. The lowest BCUT2D eigenvalue weighted by molar-refractivity contribution is -0.384. The normalized spacial score (nSPS) is 11.1. The molecule has 0 unspecified atom stereocenters. The van der Waals surface area contributed by atoms with Crippen LogP contribution < -0.4 is 5.32 Å². The summed E-state index contributed by atoms with van der Waals surface area (Å²) in [5.74, 6) is -1.19. The third-order valence-electron chi connectivity index (χ3n) is 2.70. The smallest absolute Gasteiger partial charge is 0.338 e. The van der Waals surface area contributed by atoms with Crippen LogP contribution in [0.5, 0.6) is 0 Å². The average molecular weight is 284 g/mol. The Morgan fingerprint density at radius 1 is 1.53 bits per heavy atom. The molecule has 0 fully saturated rings. The van der Waals surface area contributed by atoms with Gasteiger partial charge in [-0.2, -0.15) is 11.8 Å². The molecule has 0 aromatic heterocycles. The standard InChI is InChI=1S/C12H16N2O4S/c1-12(2,19-3)7-13-10-5-4-8(14(17)18)6-9(10)11(15)16/h4-6,13H,7H2,1-3H3,(H,15,16). The van der Waals surface area contributed by atoms with Crippen molar-refractivity contribution < 1.29 is 14.8 Å². The molecule has 104 valence electrons. The minimum Gasteiger partial charge on any atom is -0.478 e. The Morgan fingerprint density at radius 2 is 2.16 bits per heavy atom. The molecule has 1 aromatic rings. The second kappa shape index (κ2) is 5.92. The van der Waals surface area contributed by atoms with Gasteiger partial charge in [-0.1, -0.05) is 0 Å². The largest absolute Gasteiger partial charge is 0.478 e. The van der Waals surface area contributed by atoms with E-state index in [1.165, 1.54) is 12.1 Å². The van der Waals surface area contributed by atoms with Crippen LogP contribution in [0.3, 0.4) is 0 Å². The summed E-state index contributed by atoms with van der Waals surface area (Å²) in [7, 11) is 0. The molecule has 1 aromatic carbocycles. The van der Waals surface area contributed by atoms with Gasteiger partial charge in [0.25, 0.3) is 5.69 Å². The number of rotatable bonds is 6. The van der Waals surface area contributed by atoms with Gasteiger partial charge in [0.2, 0.25) is 0 Å². The number of nitrogens with zero attached hydrogens (tertiary/aromatic N) is 1. The van der Waals surface area contributed by atoms with Crippen LogP contribution in [0.2, 0.25) is 0 Å². The van der Waals surface area contributed by atoms with Crippen LogP contribution in [-0.4, -0.2) is 33.5 Å². The molecule has 0 atom stereocenters. The zero-order chi connectivity index (χ0) is 14.6. The van der Waals surface area contributed by atoms with E-state index in [1.807, 2.05) is 20.1 Å². The Bertz CT molecular complexity index is 503. The van der Waals surface area contributed by atoms with Crippen molar-refractivity contribution in [3.8, 4) is 0 Å². The zero-order valence-electron chi connectivity index (χ0n) is 11.0. The van der Waals surface area contributed by atoms with Crippen LogP contribution in [0.1, 0.15) is 24.2 Å². The number of nitrogens with one attached hydrogen (secondary N) is 1. The molecule has 0 saturated heterocycles. The molecule has 1 rings (SSSR count). The van der Waals surface area contributed by atoms with Crippen molar-refractivity contribution in [2.75, 3.05) is 18.1 Å². The molecule has 0 heterocycles. The molecule has 0 aliphatic heterocycles. The maximum absolute atomic E-state index is 11.1. The number of benzene rings is 1. The highest BCUT2D eigenvalue weighted by atomic mass is 32.2. The Morgan fingerprint density at radius 3 is 2.63 bits per heavy atom. The molecule has 0 spiro atoms. The summed E-state index contributed by atoms with van der Waals surface area (Å²) in [6, 6.07) is 3.79. The van der Waals surface area contributed by atoms with Gasteiger partial charge < -0.3 is 10.4 Å². The summed E-state index contributed by atoms with van der Waals surface area (Å²) >= 11 is 1.65. The Labute approximate surface area is 115 Å². The first-order chi connectivity index (χ1) is 8.76. The van der Waals surface area contributed by atoms with Crippen molar-refractivity contribution in [3.05, 3.63) is 33.9 Å². The van der Waals surface area contributed by atoms with E-state index in [0.717, 1.165) is 6.07 Å². The summed E-state index contributed by atoms with van der Waals surface area (Å²) in [6.45, 7) is 4.61. The average Bonchev–Trinajstić information content (AvgIpc) is 2.36. The minimum atomic E-state index is -1.19. The molecular formula is C12H16N2O4S. The molecule has 0 aliphatic carbocycles. The van der Waals surface area contributed by atoms with E-state index in [-0.39, 0.29) is 16.0 Å². The van der Waals surface area contributed by atoms with E-state index in [4.69, 9.17) is 5.11 Å². The number of hydrogen-bond donors (Lipinski definition) is 2. The fourth-order valence-corrected chi connectivity index (χ4v) is 1.57. The number of nitro benzene ring substituents is 1. The first kappa shape index (κ1) is 15.3. The Kier molecular flexibility index (Phi) is 4.77. The molecule has 2 N–H and O–H groups in total. The van der Waals surface area contributed by atoms with Crippen molar-refractivity contribution in [3.63, 3.8) is 0 Å². The highest BCUT2D eigenvalue weighted by Crippen LogP contribution is 2.25.